The van der Waals surface area contributed by atoms with Crippen LogP contribution in [0.15, 0.2) is 54.6 Å². The third kappa shape index (κ3) is 4.39. The molecule has 1 amide bonds. The van der Waals surface area contributed by atoms with E-state index >= 15 is 0 Å². The van der Waals surface area contributed by atoms with Crippen LogP contribution in [0, 0.1) is 5.82 Å². The number of carbonyl (C=O) groups is 1. The highest BCUT2D eigenvalue weighted by atomic mass is 19.1. The summed E-state index contributed by atoms with van der Waals surface area (Å²) in [5, 5.41) is 6.05. The van der Waals surface area contributed by atoms with Gasteiger partial charge >= 0.3 is 0 Å². The monoisotopic (exact) mass is 286 g/mol. The fourth-order valence-corrected chi connectivity index (χ4v) is 2.07. The van der Waals surface area contributed by atoms with Gasteiger partial charge in [0.2, 0.25) is 5.91 Å². The van der Waals surface area contributed by atoms with Gasteiger partial charge in [0.1, 0.15) is 5.82 Å². The van der Waals surface area contributed by atoms with Gasteiger partial charge in [-0.2, -0.15) is 0 Å². The third-order valence-corrected chi connectivity index (χ3v) is 3.30. The molecule has 0 aliphatic heterocycles. The summed E-state index contributed by atoms with van der Waals surface area (Å²) in [5.41, 5.74) is 1.71. The molecule has 2 N–H and O–H groups in total. The SMILES string of the molecule is CC(N[C@@H](C)c1ccc(F)cc1)C(=O)Nc1ccccc1. The lowest BCUT2D eigenvalue weighted by molar-refractivity contribution is -0.117. The molecule has 0 bridgehead atoms. The number of anilines is 1. The minimum Gasteiger partial charge on any atom is -0.325 e. The van der Waals surface area contributed by atoms with E-state index in [9.17, 15) is 9.18 Å². The van der Waals surface area contributed by atoms with E-state index in [1.54, 1.807) is 19.1 Å². The predicted octanol–water partition coefficient (Wildman–Crippen LogP) is 3.50. The lowest BCUT2D eigenvalue weighted by Crippen LogP contribution is -2.39. The number of benzene rings is 2. The first kappa shape index (κ1) is 15.2. The maximum Gasteiger partial charge on any atom is 0.241 e. The van der Waals surface area contributed by atoms with Crippen molar-refractivity contribution in [2.45, 2.75) is 25.9 Å². The van der Waals surface area contributed by atoms with E-state index in [0.717, 1.165) is 11.3 Å². The largest absolute Gasteiger partial charge is 0.325 e. The quantitative estimate of drug-likeness (QED) is 0.883. The van der Waals surface area contributed by atoms with Crippen molar-refractivity contribution < 1.29 is 9.18 Å². The lowest BCUT2D eigenvalue weighted by Gasteiger charge is -2.20. The van der Waals surface area contributed by atoms with Crippen LogP contribution in [-0.2, 0) is 4.79 Å². The molecule has 4 heteroatoms. The van der Waals surface area contributed by atoms with Crippen LogP contribution in [0.2, 0.25) is 0 Å². The first-order chi connectivity index (χ1) is 10.1. The molecule has 1 unspecified atom stereocenters. The highest BCUT2D eigenvalue weighted by Crippen LogP contribution is 2.14. The second-order valence-electron chi connectivity index (χ2n) is 5.02. The van der Waals surface area contributed by atoms with Crippen LogP contribution in [-0.4, -0.2) is 11.9 Å². The van der Waals surface area contributed by atoms with Crippen molar-refractivity contribution in [2.24, 2.45) is 0 Å². The summed E-state index contributed by atoms with van der Waals surface area (Å²) >= 11 is 0. The Labute approximate surface area is 124 Å². The number of amides is 1. The highest BCUT2D eigenvalue weighted by Gasteiger charge is 2.16. The molecular formula is C17H19FN2O. The molecule has 3 nitrogen and oxygen atoms in total. The van der Waals surface area contributed by atoms with E-state index in [0.29, 0.717) is 0 Å². The molecule has 0 aliphatic rings. The van der Waals surface area contributed by atoms with Crippen LogP contribution in [0.3, 0.4) is 0 Å². The fourth-order valence-electron chi connectivity index (χ4n) is 2.07. The van der Waals surface area contributed by atoms with Gasteiger partial charge in [0.25, 0.3) is 0 Å². The van der Waals surface area contributed by atoms with Gasteiger partial charge in [-0.25, -0.2) is 4.39 Å². The topological polar surface area (TPSA) is 41.1 Å². The standard InChI is InChI=1S/C17H19FN2O/c1-12(14-8-10-15(18)11-9-14)19-13(2)17(21)20-16-6-4-3-5-7-16/h3-13,19H,1-2H3,(H,20,21)/t12-,13?/m0/s1. The van der Waals surface area contributed by atoms with Crippen LogP contribution in [0.25, 0.3) is 0 Å². The average Bonchev–Trinajstić information content (AvgIpc) is 2.48. The van der Waals surface area contributed by atoms with Crippen LogP contribution < -0.4 is 10.6 Å². The van der Waals surface area contributed by atoms with Gasteiger partial charge in [0.05, 0.1) is 6.04 Å². The molecule has 0 aliphatic carbocycles. The smallest absolute Gasteiger partial charge is 0.241 e. The van der Waals surface area contributed by atoms with Gasteiger partial charge < -0.3 is 5.32 Å². The Balaban J connectivity index is 1.92. The van der Waals surface area contributed by atoms with Crippen molar-refractivity contribution in [1.29, 1.82) is 0 Å². The summed E-state index contributed by atoms with van der Waals surface area (Å²) in [5.74, 6) is -0.365. The van der Waals surface area contributed by atoms with Crippen molar-refractivity contribution in [3.8, 4) is 0 Å². The average molecular weight is 286 g/mol. The molecule has 0 fully saturated rings. The van der Waals surface area contributed by atoms with Crippen molar-refractivity contribution in [3.63, 3.8) is 0 Å². The second-order valence-corrected chi connectivity index (χ2v) is 5.02. The predicted molar refractivity (Wildman–Crippen MR) is 82.5 cm³/mol. The maximum absolute atomic E-state index is 12.9. The van der Waals surface area contributed by atoms with E-state index < -0.39 is 0 Å². The fraction of sp³-hybridized carbons (Fsp3) is 0.235. The molecule has 0 saturated heterocycles. The molecule has 110 valence electrons. The maximum atomic E-state index is 12.9. The zero-order valence-corrected chi connectivity index (χ0v) is 12.1. The summed E-state index contributed by atoms with van der Waals surface area (Å²) in [6.07, 6.45) is 0. The van der Waals surface area contributed by atoms with Crippen LogP contribution in [0.1, 0.15) is 25.5 Å². The van der Waals surface area contributed by atoms with Crippen molar-refractivity contribution >= 4 is 11.6 Å². The highest BCUT2D eigenvalue weighted by molar-refractivity contribution is 5.94. The minimum atomic E-state index is -0.356. The van der Waals surface area contributed by atoms with Gasteiger partial charge in [-0.3, -0.25) is 10.1 Å². The minimum absolute atomic E-state index is 0.0397. The molecule has 0 radical (unpaired) electrons. The van der Waals surface area contributed by atoms with Crippen LogP contribution in [0.4, 0.5) is 10.1 Å². The molecule has 2 atom stereocenters. The summed E-state index contributed by atoms with van der Waals surface area (Å²) < 4.78 is 12.9. The van der Waals surface area contributed by atoms with Crippen molar-refractivity contribution in [1.82, 2.24) is 5.32 Å². The molecule has 2 rings (SSSR count). The molecule has 21 heavy (non-hydrogen) atoms. The summed E-state index contributed by atoms with van der Waals surface area (Å²) in [6.45, 7) is 3.75. The number of halogens is 1. The normalized spacial score (nSPS) is 13.5. The number of hydrogen-bond acceptors (Lipinski definition) is 2. The number of para-hydroxylation sites is 1. The zero-order chi connectivity index (χ0) is 15.2. The Morgan fingerprint density at radius 1 is 1.00 bits per heavy atom. The number of carbonyl (C=O) groups excluding carboxylic acids is 1. The molecule has 0 heterocycles. The van der Waals surface area contributed by atoms with E-state index in [2.05, 4.69) is 10.6 Å². The van der Waals surface area contributed by atoms with Gasteiger partial charge in [-0.15, -0.1) is 0 Å². The Hall–Kier alpha value is -2.20. The lowest BCUT2D eigenvalue weighted by atomic mass is 10.1. The van der Waals surface area contributed by atoms with Crippen molar-refractivity contribution in [2.75, 3.05) is 5.32 Å². The number of rotatable bonds is 5. The van der Waals surface area contributed by atoms with Gasteiger partial charge in [-0.1, -0.05) is 30.3 Å². The van der Waals surface area contributed by atoms with Gasteiger partial charge in [0, 0.05) is 11.7 Å². The molecule has 2 aromatic carbocycles. The molecular weight excluding hydrogens is 267 g/mol. The molecule has 2 aromatic rings. The van der Waals surface area contributed by atoms with E-state index in [-0.39, 0.29) is 23.8 Å². The van der Waals surface area contributed by atoms with Gasteiger partial charge in [-0.05, 0) is 43.7 Å². The number of hydrogen-bond donors (Lipinski definition) is 2. The Bertz CT molecular complexity index is 583. The molecule has 0 aromatic heterocycles. The van der Waals surface area contributed by atoms with E-state index in [1.165, 1.54) is 12.1 Å². The van der Waals surface area contributed by atoms with Crippen LogP contribution in [0.5, 0.6) is 0 Å². The summed E-state index contributed by atoms with van der Waals surface area (Å²) in [7, 11) is 0. The zero-order valence-electron chi connectivity index (χ0n) is 12.1. The second kappa shape index (κ2) is 6.99. The Kier molecular flexibility index (Phi) is 5.06. The Morgan fingerprint density at radius 3 is 2.24 bits per heavy atom. The number of nitrogens with one attached hydrogen (secondary N) is 2. The first-order valence-corrected chi connectivity index (χ1v) is 6.93. The van der Waals surface area contributed by atoms with E-state index in [1.807, 2.05) is 37.3 Å². The first-order valence-electron chi connectivity index (χ1n) is 6.93. The molecule has 0 spiro atoms. The Morgan fingerprint density at radius 2 is 1.62 bits per heavy atom. The third-order valence-electron chi connectivity index (χ3n) is 3.30. The molecule has 0 saturated carbocycles. The summed E-state index contributed by atoms with van der Waals surface area (Å²) in [6, 6.07) is 15.2. The summed E-state index contributed by atoms with van der Waals surface area (Å²) in [4.78, 5) is 12.1. The van der Waals surface area contributed by atoms with E-state index in [4.69, 9.17) is 0 Å². The van der Waals surface area contributed by atoms with Crippen LogP contribution >= 0.6 is 0 Å². The van der Waals surface area contributed by atoms with Gasteiger partial charge in [0.15, 0.2) is 0 Å². The van der Waals surface area contributed by atoms with Crippen molar-refractivity contribution in [3.05, 3.63) is 66.0 Å².